The molecule has 0 aliphatic heterocycles. The van der Waals surface area contributed by atoms with Crippen LogP contribution in [0.1, 0.15) is 121 Å². The van der Waals surface area contributed by atoms with Crippen molar-refractivity contribution >= 4 is 0 Å². The first-order valence-electron chi connectivity index (χ1n) is 13.4. The van der Waals surface area contributed by atoms with Gasteiger partial charge in [-0.15, -0.1) is 13.2 Å². The van der Waals surface area contributed by atoms with Gasteiger partial charge in [-0.3, -0.25) is 0 Å². The molecule has 0 amide bonds. The Labute approximate surface area is 213 Å². The summed E-state index contributed by atoms with van der Waals surface area (Å²) in [6.45, 7) is 30.0. The van der Waals surface area contributed by atoms with Crippen LogP contribution in [-0.2, 0) is 0 Å². The first-order chi connectivity index (χ1) is 15.3. The highest BCUT2D eigenvalue weighted by molar-refractivity contribution is 5.04. The van der Waals surface area contributed by atoms with E-state index in [1.54, 1.807) is 12.2 Å². The summed E-state index contributed by atoms with van der Waals surface area (Å²) in [4.78, 5) is 0. The van der Waals surface area contributed by atoms with Crippen LogP contribution in [-0.4, -0.2) is 21.4 Å². The van der Waals surface area contributed by atoms with Crippen LogP contribution in [0.5, 0.6) is 0 Å². The van der Waals surface area contributed by atoms with E-state index in [0.717, 1.165) is 38.5 Å². The van der Waals surface area contributed by atoms with E-state index in [-0.39, 0.29) is 10.8 Å². The van der Waals surface area contributed by atoms with Crippen molar-refractivity contribution in [2.45, 2.75) is 132 Å². The summed E-state index contributed by atoms with van der Waals surface area (Å²) in [6, 6.07) is 0. The third-order valence-electron chi connectivity index (χ3n) is 7.58. The van der Waals surface area contributed by atoms with E-state index in [1.165, 1.54) is 24.0 Å². The lowest BCUT2D eigenvalue weighted by Gasteiger charge is -2.44. The molecular formula is C32H58O2. The SMILES string of the molecule is C=CC(C)(O)CC/C=C(\C)CCC(C(CC/C(C)=C/CCC(C)(O)C=C)C(C)(C)C)C(C)(C)C. The number of aliphatic hydroxyl groups is 2. The predicted molar refractivity (Wildman–Crippen MR) is 152 cm³/mol. The molecule has 0 aromatic carbocycles. The van der Waals surface area contributed by atoms with Gasteiger partial charge in [0.05, 0.1) is 11.2 Å². The van der Waals surface area contributed by atoms with Crippen LogP contribution in [0.25, 0.3) is 0 Å². The van der Waals surface area contributed by atoms with Crippen molar-refractivity contribution in [3.05, 3.63) is 48.6 Å². The fraction of sp³-hybridized carbons (Fsp3) is 0.750. The average Bonchev–Trinajstić information content (AvgIpc) is 2.68. The monoisotopic (exact) mass is 474 g/mol. The number of rotatable bonds is 15. The Morgan fingerprint density at radius 3 is 1.18 bits per heavy atom. The standard InChI is InChI=1S/C32H58O2/c1-13-31(11,33)23-15-17-25(3)19-21-27(29(5,6)7)28(30(8,9)10)22-20-26(4)18-16-24-32(12,34)14-2/h13-14,17-18,27-28,33-34H,1-2,15-16,19-24H2,3-12H3/b25-17+,26-18+. The van der Waals surface area contributed by atoms with E-state index in [0.29, 0.717) is 11.8 Å². The van der Waals surface area contributed by atoms with Crippen LogP contribution in [0.4, 0.5) is 0 Å². The molecule has 2 heteroatoms. The maximum Gasteiger partial charge on any atom is 0.0800 e. The largest absolute Gasteiger partial charge is 0.386 e. The molecule has 0 heterocycles. The molecule has 2 nitrogen and oxygen atoms in total. The van der Waals surface area contributed by atoms with Gasteiger partial charge >= 0.3 is 0 Å². The van der Waals surface area contributed by atoms with E-state index >= 15 is 0 Å². The zero-order chi connectivity index (χ0) is 26.8. The molecule has 2 N–H and O–H groups in total. The molecule has 0 aliphatic carbocycles. The van der Waals surface area contributed by atoms with E-state index in [2.05, 4.69) is 80.7 Å². The maximum absolute atomic E-state index is 10.2. The lowest BCUT2D eigenvalue weighted by Crippen LogP contribution is -2.36. The Hall–Kier alpha value is -1.12. The Kier molecular flexibility index (Phi) is 13.4. The second kappa shape index (κ2) is 13.8. The van der Waals surface area contributed by atoms with Crippen molar-refractivity contribution in [1.29, 1.82) is 0 Å². The van der Waals surface area contributed by atoms with Gasteiger partial charge in [0, 0.05) is 0 Å². The van der Waals surface area contributed by atoms with E-state index < -0.39 is 11.2 Å². The van der Waals surface area contributed by atoms with Gasteiger partial charge in [-0.2, -0.15) is 0 Å². The second-order valence-electron chi connectivity index (χ2n) is 13.3. The van der Waals surface area contributed by atoms with Crippen molar-refractivity contribution in [2.75, 3.05) is 0 Å². The van der Waals surface area contributed by atoms with Crippen molar-refractivity contribution in [3.63, 3.8) is 0 Å². The molecule has 0 aliphatic rings. The molecule has 0 aromatic rings. The molecule has 198 valence electrons. The molecule has 0 rings (SSSR count). The Morgan fingerprint density at radius 2 is 0.941 bits per heavy atom. The Balaban J connectivity index is 5.29. The van der Waals surface area contributed by atoms with Gasteiger partial charge in [0.2, 0.25) is 0 Å². The third kappa shape index (κ3) is 13.7. The maximum atomic E-state index is 10.2. The third-order valence-corrected chi connectivity index (χ3v) is 7.58. The Morgan fingerprint density at radius 1 is 0.647 bits per heavy atom. The molecule has 0 saturated carbocycles. The zero-order valence-corrected chi connectivity index (χ0v) is 24.4. The average molecular weight is 475 g/mol. The highest BCUT2D eigenvalue weighted by Gasteiger charge is 2.38. The van der Waals surface area contributed by atoms with Crippen molar-refractivity contribution in [1.82, 2.24) is 0 Å². The Bertz CT molecular complexity index is 617. The zero-order valence-electron chi connectivity index (χ0n) is 24.4. The van der Waals surface area contributed by atoms with Gasteiger partial charge in [-0.05, 0) is 102 Å². The smallest absolute Gasteiger partial charge is 0.0800 e. The summed E-state index contributed by atoms with van der Waals surface area (Å²) in [5.41, 5.74) is 1.76. The van der Waals surface area contributed by atoms with Crippen LogP contribution < -0.4 is 0 Å². The normalized spacial score (nSPS) is 19.2. The summed E-state index contributed by atoms with van der Waals surface area (Å²) in [5, 5.41) is 20.3. The summed E-state index contributed by atoms with van der Waals surface area (Å²) in [5.74, 6) is 1.25. The molecule has 0 radical (unpaired) electrons. The fourth-order valence-electron chi connectivity index (χ4n) is 4.87. The summed E-state index contributed by atoms with van der Waals surface area (Å²) >= 11 is 0. The van der Waals surface area contributed by atoms with Crippen molar-refractivity contribution < 1.29 is 10.2 Å². The predicted octanol–water partition coefficient (Wildman–Crippen LogP) is 9.20. The van der Waals surface area contributed by atoms with Gasteiger partial charge in [0.15, 0.2) is 0 Å². The molecule has 0 saturated heterocycles. The first kappa shape index (κ1) is 32.9. The van der Waals surface area contributed by atoms with Crippen LogP contribution in [0.3, 0.4) is 0 Å². The topological polar surface area (TPSA) is 40.5 Å². The van der Waals surface area contributed by atoms with Crippen LogP contribution in [0, 0.1) is 22.7 Å². The highest BCUT2D eigenvalue weighted by atomic mass is 16.3. The minimum absolute atomic E-state index is 0.241. The number of allylic oxidation sites excluding steroid dienone is 4. The molecule has 0 aromatic heterocycles. The minimum Gasteiger partial charge on any atom is -0.386 e. The minimum atomic E-state index is -0.783. The van der Waals surface area contributed by atoms with E-state index in [1.807, 2.05) is 13.8 Å². The molecule has 4 unspecified atom stereocenters. The quantitative estimate of drug-likeness (QED) is 0.232. The van der Waals surface area contributed by atoms with Crippen LogP contribution in [0.2, 0.25) is 0 Å². The summed E-state index contributed by atoms with van der Waals surface area (Å²) < 4.78 is 0. The molecule has 0 fully saturated rings. The van der Waals surface area contributed by atoms with Gasteiger partial charge in [0.25, 0.3) is 0 Å². The lowest BCUT2D eigenvalue weighted by molar-refractivity contribution is 0.0577. The number of hydrogen-bond donors (Lipinski definition) is 2. The van der Waals surface area contributed by atoms with Gasteiger partial charge in [-0.25, -0.2) is 0 Å². The summed E-state index contributed by atoms with van der Waals surface area (Å²) in [6.07, 6.45) is 15.7. The van der Waals surface area contributed by atoms with Gasteiger partial charge < -0.3 is 10.2 Å². The number of hydrogen-bond acceptors (Lipinski definition) is 2. The van der Waals surface area contributed by atoms with Crippen LogP contribution >= 0.6 is 0 Å². The highest BCUT2D eigenvalue weighted by Crippen LogP contribution is 2.46. The van der Waals surface area contributed by atoms with Gasteiger partial charge in [0.1, 0.15) is 0 Å². The lowest BCUT2D eigenvalue weighted by atomic mass is 9.61. The molecular weight excluding hydrogens is 416 g/mol. The first-order valence-corrected chi connectivity index (χ1v) is 13.4. The van der Waals surface area contributed by atoms with Crippen LogP contribution in [0.15, 0.2) is 48.6 Å². The fourth-order valence-corrected chi connectivity index (χ4v) is 4.87. The second-order valence-corrected chi connectivity index (χ2v) is 13.3. The summed E-state index contributed by atoms with van der Waals surface area (Å²) in [7, 11) is 0. The molecule has 0 bridgehead atoms. The van der Waals surface area contributed by atoms with E-state index in [9.17, 15) is 10.2 Å². The van der Waals surface area contributed by atoms with Gasteiger partial charge in [-0.1, -0.05) is 77.0 Å². The van der Waals surface area contributed by atoms with E-state index in [4.69, 9.17) is 0 Å². The van der Waals surface area contributed by atoms with Crippen molar-refractivity contribution in [2.24, 2.45) is 22.7 Å². The molecule has 4 atom stereocenters. The van der Waals surface area contributed by atoms with Crippen molar-refractivity contribution in [3.8, 4) is 0 Å². The molecule has 0 spiro atoms. The molecule has 34 heavy (non-hydrogen) atoms.